The number of nitrogens with two attached hydrogens (primary N) is 1. The fraction of sp³-hybridized carbons (Fsp3) is 0.409. The quantitative estimate of drug-likeness (QED) is 0.614. The Kier molecular flexibility index (Phi) is 9.46. The fourth-order valence-electron chi connectivity index (χ4n) is 3.13. The van der Waals surface area contributed by atoms with Crippen molar-refractivity contribution in [2.75, 3.05) is 25.0 Å². The molecule has 0 saturated carbocycles. The Morgan fingerprint density at radius 2 is 1.82 bits per heavy atom. The van der Waals surface area contributed by atoms with Crippen molar-refractivity contribution in [1.82, 2.24) is 9.88 Å². The van der Waals surface area contributed by atoms with Crippen LogP contribution in [0.4, 0.5) is 23.7 Å². The number of para-hydroxylation sites is 1. The number of nitrogens with one attached hydrogen (secondary N) is 1. The fourth-order valence-corrected chi connectivity index (χ4v) is 3.13. The van der Waals surface area contributed by atoms with Crippen LogP contribution in [0, 0.1) is 12.8 Å². The number of carboxylic acids is 1. The monoisotopic (exact) mass is 468 g/mol. The second-order valence-corrected chi connectivity index (χ2v) is 7.50. The van der Waals surface area contributed by atoms with E-state index in [1.165, 1.54) is 0 Å². The molecular weight excluding hydrogens is 441 g/mol. The lowest BCUT2D eigenvalue weighted by atomic mass is 9.98. The third-order valence-electron chi connectivity index (χ3n) is 4.86. The number of ether oxygens (including phenoxy) is 1. The highest BCUT2D eigenvalue weighted by molar-refractivity contribution is 5.89. The van der Waals surface area contributed by atoms with Gasteiger partial charge >= 0.3 is 18.2 Å². The predicted octanol–water partition coefficient (Wildman–Crippen LogP) is 3.80. The van der Waals surface area contributed by atoms with Crippen molar-refractivity contribution >= 4 is 17.7 Å². The molecule has 0 unspecified atom stereocenters. The van der Waals surface area contributed by atoms with Crippen molar-refractivity contribution in [2.45, 2.75) is 32.5 Å². The van der Waals surface area contributed by atoms with Gasteiger partial charge in [-0.05, 0) is 49.4 Å². The van der Waals surface area contributed by atoms with Crippen LogP contribution in [0.5, 0.6) is 5.88 Å². The van der Waals surface area contributed by atoms with E-state index in [4.69, 9.17) is 20.4 Å². The molecule has 0 spiro atoms. The van der Waals surface area contributed by atoms with Crippen molar-refractivity contribution in [3.63, 3.8) is 0 Å². The number of rotatable bonds is 5. The number of likely N-dealkylation sites (tertiary alicyclic amines) is 1. The van der Waals surface area contributed by atoms with Crippen LogP contribution in [0.2, 0.25) is 0 Å². The zero-order valence-corrected chi connectivity index (χ0v) is 18.1. The lowest BCUT2D eigenvalue weighted by Crippen LogP contribution is -2.42. The summed E-state index contributed by atoms with van der Waals surface area (Å²) in [5.74, 6) is -1.69. The van der Waals surface area contributed by atoms with Crippen LogP contribution in [-0.2, 0) is 11.3 Å². The number of hydrogen-bond donors (Lipinski definition) is 3. The van der Waals surface area contributed by atoms with Gasteiger partial charge in [0.1, 0.15) is 0 Å². The minimum Gasteiger partial charge on any atom is -0.477 e. The number of urea groups is 1. The van der Waals surface area contributed by atoms with E-state index >= 15 is 0 Å². The van der Waals surface area contributed by atoms with Crippen molar-refractivity contribution < 1.29 is 32.6 Å². The number of aryl methyl sites for hydroxylation is 1. The van der Waals surface area contributed by atoms with Gasteiger partial charge in [-0.3, -0.25) is 0 Å². The third-order valence-corrected chi connectivity index (χ3v) is 4.86. The van der Waals surface area contributed by atoms with Gasteiger partial charge in [0.15, 0.2) is 0 Å². The first-order valence-corrected chi connectivity index (χ1v) is 10.3. The summed E-state index contributed by atoms with van der Waals surface area (Å²) in [6, 6.07) is 13.4. The number of pyridine rings is 1. The molecule has 0 radical (unpaired) electrons. The summed E-state index contributed by atoms with van der Waals surface area (Å²) in [7, 11) is 0. The standard InChI is InChI=1S/C20H26N4O2.C2HF3O2/c1-15-11-17(13-21)12-19(22-15)26-14-16-7-9-24(10-8-16)20(25)23-18-5-3-2-4-6-18;3-2(4,5)1(6)7/h2-6,11-12,16H,7-10,13-14,21H2,1H3,(H,23,25);(H,6,7). The first-order chi connectivity index (χ1) is 15.6. The Morgan fingerprint density at radius 3 is 2.36 bits per heavy atom. The zero-order valence-electron chi connectivity index (χ0n) is 18.1. The highest BCUT2D eigenvalue weighted by Crippen LogP contribution is 2.20. The van der Waals surface area contributed by atoms with Gasteiger partial charge in [0.25, 0.3) is 0 Å². The summed E-state index contributed by atoms with van der Waals surface area (Å²) < 4.78 is 37.6. The number of hydrogen-bond acceptors (Lipinski definition) is 5. The minimum atomic E-state index is -5.08. The molecule has 4 N–H and O–H groups in total. The molecule has 0 bridgehead atoms. The van der Waals surface area contributed by atoms with Crippen molar-refractivity contribution in [1.29, 1.82) is 0 Å². The third kappa shape index (κ3) is 8.97. The zero-order chi connectivity index (χ0) is 24.4. The number of carbonyl (C=O) groups excluding carboxylic acids is 1. The van der Waals surface area contributed by atoms with Crippen LogP contribution < -0.4 is 15.8 Å². The molecule has 0 atom stereocenters. The topological polar surface area (TPSA) is 118 Å². The molecular formula is C22H27F3N4O4. The Bertz CT molecular complexity index is 918. The molecule has 1 aliphatic rings. The number of piperidine rings is 1. The van der Waals surface area contributed by atoms with Gasteiger partial charge in [-0.2, -0.15) is 13.2 Å². The van der Waals surface area contributed by atoms with E-state index in [9.17, 15) is 18.0 Å². The Morgan fingerprint density at radius 1 is 1.21 bits per heavy atom. The maximum absolute atomic E-state index is 12.3. The second kappa shape index (κ2) is 12.0. The molecule has 1 fully saturated rings. The number of aromatic nitrogens is 1. The Hall–Kier alpha value is -3.34. The van der Waals surface area contributed by atoms with Crippen molar-refractivity contribution in [2.24, 2.45) is 11.7 Å². The van der Waals surface area contributed by atoms with Crippen molar-refractivity contribution in [3.05, 3.63) is 53.7 Å². The summed E-state index contributed by atoms with van der Waals surface area (Å²) in [5.41, 5.74) is 8.46. The van der Waals surface area contributed by atoms with Crippen LogP contribution in [0.15, 0.2) is 42.5 Å². The van der Waals surface area contributed by atoms with E-state index in [-0.39, 0.29) is 6.03 Å². The maximum Gasteiger partial charge on any atom is 0.490 e. The highest BCUT2D eigenvalue weighted by Gasteiger charge is 2.38. The average molecular weight is 468 g/mol. The van der Waals surface area contributed by atoms with Crippen molar-refractivity contribution in [3.8, 4) is 5.88 Å². The summed E-state index contributed by atoms with van der Waals surface area (Å²) in [5, 5.41) is 10.1. The Balaban J connectivity index is 0.000000479. The van der Waals surface area contributed by atoms with Gasteiger partial charge in [-0.25, -0.2) is 14.6 Å². The minimum absolute atomic E-state index is 0.0384. The number of alkyl halides is 3. The highest BCUT2D eigenvalue weighted by atomic mass is 19.4. The SMILES string of the molecule is Cc1cc(CN)cc(OCC2CCN(C(=O)Nc3ccccc3)CC2)n1.O=C(O)C(F)(F)F. The molecule has 1 saturated heterocycles. The number of aliphatic carboxylic acids is 1. The second-order valence-electron chi connectivity index (χ2n) is 7.50. The molecule has 0 aliphatic carbocycles. The van der Waals surface area contributed by atoms with E-state index in [1.54, 1.807) is 0 Å². The predicted molar refractivity (Wildman–Crippen MR) is 116 cm³/mol. The molecule has 2 heterocycles. The first-order valence-electron chi connectivity index (χ1n) is 10.3. The molecule has 33 heavy (non-hydrogen) atoms. The van der Waals surface area contributed by atoms with E-state index in [0.29, 0.717) is 24.9 Å². The lowest BCUT2D eigenvalue weighted by molar-refractivity contribution is -0.192. The van der Waals surface area contributed by atoms with Crippen LogP contribution in [0.25, 0.3) is 0 Å². The molecule has 8 nitrogen and oxygen atoms in total. The van der Waals surface area contributed by atoms with E-state index in [1.807, 2.05) is 54.3 Å². The molecule has 2 aromatic rings. The maximum atomic E-state index is 12.3. The summed E-state index contributed by atoms with van der Waals surface area (Å²) in [6.07, 6.45) is -3.23. The smallest absolute Gasteiger partial charge is 0.477 e. The van der Waals surface area contributed by atoms with Gasteiger partial charge in [0.05, 0.1) is 6.61 Å². The molecule has 3 rings (SSSR count). The van der Waals surface area contributed by atoms with Crippen LogP contribution in [0.3, 0.4) is 0 Å². The number of halogens is 3. The Labute approximate surface area is 189 Å². The average Bonchev–Trinajstić information content (AvgIpc) is 2.78. The molecule has 1 aromatic heterocycles. The molecule has 11 heteroatoms. The van der Waals surface area contributed by atoms with Gasteiger partial charge in [-0.1, -0.05) is 18.2 Å². The molecule has 180 valence electrons. The van der Waals surface area contributed by atoms with Gasteiger partial charge in [0.2, 0.25) is 5.88 Å². The number of amides is 2. The van der Waals surface area contributed by atoms with Crippen LogP contribution in [0.1, 0.15) is 24.1 Å². The summed E-state index contributed by atoms with van der Waals surface area (Å²) in [6.45, 7) is 4.52. The van der Waals surface area contributed by atoms with Gasteiger partial charge < -0.3 is 25.8 Å². The first kappa shape index (κ1) is 25.9. The summed E-state index contributed by atoms with van der Waals surface area (Å²) >= 11 is 0. The van der Waals surface area contributed by atoms with E-state index in [0.717, 1.165) is 42.9 Å². The number of anilines is 1. The number of nitrogens with zero attached hydrogens (tertiary/aromatic N) is 2. The number of carbonyl (C=O) groups is 2. The van der Waals surface area contributed by atoms with Gasteiger partial charge in [0, 0.05) is 37.1 Å². The normalized spacial score (nSPS) is 14.2. The van der Waals surface area contributed by atoms with E-state index < -0.39 is 12.1 Å². The van der Waals surface area contributed by atoms with E-state index in [2.05, 4.69) is 10.3 Å². The van der Waals surface area contributed by atoms with Gasteiger partial charge in [-0.15, -0.1) is 0 Å². The lowest BCUT2D eigenvalue weighted by Gasteiger charge is -2.31. The van der Waals surface area contributed by atoms with Crippen LogP contribution >= 0.6 is 0 Å². The number of benzene rings is 1. The van der Waals surface area contributed by atoms with Crippen LogP contribution in [-0.4, -0.2) is 52.9 Å². The molecule has 2 amide bonds. The largest absolute Gasteiger partial charge is 0.490 e. The number of carboxylic acid groups (broad SMARTS) is 1. The molecule has 1 aliphatic heterocycles. The summed E-state index contributed by atoms with van der Waals surface area (Å²) in [4.78, 5) is 27.5. The molecule has 1 aromatic carbocycles.